The van der Waals surface area contributed by atoms with Crippen LogP contribution in [0.5, 0.6) is 0 Å². The molecule has 4 fully saturated rings. The molecule has 1 N–H and O–H groups in total. The molecule has 4 heterocycles. The van der Waals surface area contributed by atoms with Crippen LogP contribution < -0.4 is 22.3 Å². The average Bonchev–Trinajstić information content (AvgIpc) is 3.13. The fourth-order valence-corrected chi connectivity index (χ4v) is 6.38. The number of ether oxygens (including phenoxy) is 1. The number of carbonyl (C=O) groups excluding carboxylic acids is 2. The molecule has 1 amide bonds. The van der Waals surface area contributed by atoms with E-state index in [1.165, 1.54) is 12.8 Å². The van der Waals surface area contributed by atoms with Gasteiger partial charge in [-0.2, -0.15) is 5.10 Å². The van der Waals surface area contributed by atoms with Crippen LogP contribution in [0.4, 0.5) is 5.82 Å². The molecule has 8 heteroatoms. The van der Waals surface area contributed by atoms with Crippen LogP contribution in [0, 0.1) is 5.92 Å². The number of quaternary nitrogens is 1. The van der Waals surface area contributed by atoms with Crippen molar-refractivity contribution in [1.29, 1.82) is 0 Å². The maximum Gasteiger partial charge on any atom is 0.317 e. The summed E-state index contributed by atoms with van der Waals surface area (Å²) in [6.07, 6.45) is 9.63. The van der Waals surface area contributed by atoms with Crippen LogP contribution in [-0.4, -0.2) is 58.8 Å². The highest BCUT2D eigenvalue weighted by Crippen LogP contribution is 2.42. The number of nitrogens with one attached hydrogen (secondary N) is 1. The Labute approximate surface area is 218 Å². The van der Waals surface area contributed by atoms with Crippen molar-refractivity contribution in [3.05, 3.63) is 54.2 Å². The zero-order valence-electron chi connectivity index (χ0n) is 20.2. The molecule has 7 nitrogen and oxygen atoms in total. The largest absolute Gasteiger partial charge is 1.00 e. The maximum absolute atomic E-state index is 13.9. The lowest BCUT2D eigenvalue weighted by molar-refractivity contribution is -0.939. The number of aromatic nitrogens is 2. The summed E-state index contributed by atoms with van der Waals surface area (Å²) in [5.41, 5.74) is 0.549. The monoisotopic (exact) mass is 542 g/mol. The summed E-state index contributed by atoms with van der Waals surface area (Å²) in [5, 5.41) is 10.7. The number of fused-ring (bicyclic) bond motifs is 3. The number of amides is 1. The minimum absolute atomic E-state index is 0. The highest BCUT2D eigenvalue weighted by molar-refractivity contribution is 5.90. The van der Waals surface area contributed by atoms with E-state index in [9.17, 15) is 9.59 Å². The number of rotatable bonds is 6. The van der Waals surface area contributed by atoms with Crippen molar-refractivity contribution in [3.8, 4) is 0 Å². The van der Waals surface area contributed by atoms with Crippen LogP contribution >= 0.6 is 0 Å². The van der Waals surface area contributed by atoms with Gasteiger partial charge in [0, 0.05) is 25.0 Å². The van der Waals surface area contributed by atoms with Crippen LogP contribution in [0.25, 0.3) is 0 Å². The predicted octanol–water partition coefficient (Wildman–Crippen LogP) is 0.864. The first kappa shape index (κ1) is 25.8. The second-order valence-electron chi connectivity index (χ2n) is 10.4. The van der Waals surface area contributed by atoms with Crippen molar-refractivity contribution >= 4 is 17.7 Å². The van der Waals surface area contributed by atoms with E-state index >= 15 is 0 Å². The lowest BCUT2D eigenvalue weighted by atomic mass is 9.74. The van der Waals surface area contributed by atoms with E-state index < -0.39 is 5.41 Å². The van der Waals surface area contributed by atoms with E-state index in [2.05, 4.69) is 27.6 Å². The first-order chi connectivity index (χ1) is 16.6. The molecule has 1 aliphatic carbocycles. The standard InChI is InChI=1S/C27H34N4O3.BrH/c32-25(29-24-11-8-16-28-30-24)20-31-17-12-21(13-18-31)23(19-31)34-26(33)27(14-6-1-2-7-15-27)22-9-4-3-5-10-22;/h3-5,8-11,16,21,23H,1-2,6-7,12-15,17-20H2;1H. The lowest BCUT2D eigenvalue weighted by Crippen LogP contribution is -3.00. The number of piperidine rings is 3. The number of hydrogen-bond acceptors (Lipinski definition) is 5. The molecule has 3 aliphatic heterocycles. The minimum Gasteiger partial charge on any atom is -1.00 e. The zero-order chi connectivity index (χ0) is 23.4. The third kappa shape index (κ3) is 5.59. The topological polar surface area (TPSA) is 81.2 Å². The van der Waals surface area contributed by atoms with Crippen LogP contribution in [0.3, 0.4) is 0 Å². The van der Waals surface area contributed by atoms with Gasteiger partial charge in [-0.15, -0.1) is 5.10 Å². The van der Waals surface area contributed by atoms with Crippen molar-refractivity contribution in [2.24, 2.45) is 5.92 Å². The van der Waals surface area contributed by atoms with Gasteiger partial charge in [0.15, 0.2) is 18.5 Å². The summed E-state index contributed by atoms with van der Waals surface area (Å²) in [4.78, 5) is 26.7. The summed E-state index contributed by atoms with van der Waals surface area (Å²) in [6.45, 7) is 3.00. The molecule has 0 radical (unpaired) electrons. The van der Waals surface area contributed by atoms with Gasteiger partial charge in [0.05, 0.1) is 18.5 Å². The van der Waals surface area contributed by atoms with E-state index in [1.807, 2.05) is 18.2 Å². The number of anilines is 1. The van der Waals surface area contributed by atoms with Crippen molar-refractivity contribution in [2.75, 3.05) is 31.5 Å². The van der Waals surface area contributed by atoms with Gasteiger partial charge in [0.1, 0.15) is 6.54 Å². The number of carbonyl (C=O) groups is 2. The van der Waals surface area contributed by atoms with Gasteiger partial charge in [0.25, 0.3) is 5.91 Å². The number of benzene rings is 1. The second-order valence-corrected chi connectivity index (χ2v) is 10.4. The molecule has 1 atom stereocenters. The summed E-state index contributed by atoms with van der Waals surface area (Å²) in [5.74, 6) is 0.751. The van der Waals surface area contributed by atoms with Gasteiger partial charge in [-0.1, -0.05) is 56.0 Å². The molecular weight excluding hydrogens is 508 g/mol. The highest BCUT2D eigenvalue weighted by atomic mass is 79.9. The zero-order valence-corrected chi connectivity index (χ0v) is 21.8. The maximum atomic E-state index is 13.9. The summed E-state index contributed by atoms with van der Waals surface area (Å²) >= 11 is 0. The van der Waals surface area contributed by atoms with Gasteiger partial charge < -0.3 is 31.5 Å². The molecule has 3 saturated heterocycles. The first-order valence-corrected chi connectivity index (χ1v) is 12.8. The van der Waals surface area contributed by atoms with E-state index in [1.54, 1.807) is 18.3 Å². The normalized spacial score (nSPS) is 27.2. The fourth-order valence-electron chi connectivity index (χ4n) is 6.38. The molecule has 4 aliphatic rings. The predicted molar refractivity (Wildman–Crippen MR) is 129 cm³/mol. The van der Waals surface area contributed by atoms with E-state index in [0.29, 0.717) is 22.8 Å². The van der Waals surface area contributed by atoms with Crippen molar-refractivity contribution in [1.82, 2.24) is 10.2 Å². The Kier molecular flexibility index (Phi) is 8.22. The van der Waals surface area contributed by atoms with Crippen molar-refractivity contribution in [2.45, 2.75) is 62.9 Å². The second kappa shape index (κ2) is 11.2. The Morgan fingerprint density at radius 3 is 2.37 bits per heavy atom. The summed E-state index contributed by atoms with van der Waals surface area (Å²) in [7, 11) is 0. The van der Waals surface area contributed by atoms with Crippen molar-refractivity contribution < 1.29 is 35.8 Å². The Morgan fingerprint density at radius 2 is 1.71 bits per heavy atom. The molecule has 188 valence electrons. The van der Waals surface area contributed by atoms with Gasteiger partial charge in [0.2, 0.25) is 0 Å². The molecule has 2 aromatic rings. The molecule has 0 spiro atoms. The molecule has 6 rings (SSSR count). The minimum atomic E-state index is -0.544. The van der Waals surface area contributed by atoms with Gasteiger partial charge in [-0.3, -0.25) is 9.59 Å². The molecule has 1 unspecified atom stereocenters. The SMILES string of the molecule is O=C(C[N+]12CCC(CC1)C(OC(=O)C1(c3ccccc3)CCCCCC1)C2)Nc1cccnn1.[Br-]. The Morgan fingerprint density at radius 1 is 1.00 bits per heavy atom. The lowest BCUT2D eigenvalue weighted by Gasteiger charge is -2.52. The summed E-state index contributed by atoms with van der Waals surface area (Å²) < 4.78 is 7.07. The Hall–Kier alpha value is -2.32. The van der Waals surface area contributed by atoms with Crippen LogP contribution in [0.1, 0.15) is 56.9 Å². The molecule has 2 bridgehead atoms. The third-order valence-electron chi connectivity index (χ3n) is 8.29. The van der Waals surface area contributed by atoms with Crippen LogP contribution in [-0.2, 0) is 19.7 Å². The van der Waals surface area contributed by atoms with Crippen molar-refractivity contribution in [3.63, 3.8) is 0 Å². The number of hydrogen-bond donors (Lipinski definition) is 1. The van der Waals surface area contributed by atoms with Gasteiger partial charge in [-0.05, 0) is 30.5 Å². The van der Waals surface area contributed by atoms with E-state index in [0.717, 1.165) is 63.7 Å². The molecule has 35 heavy (non-hydrogen) atoms. The Bertz CT molecular complexity index is 988. The van der Waals surface area contributed by atoms with Crippen LogP contribution in [0.15, 0.2) is 48.7 Å². The third-order valence-corrected chi connectivity index (χ3v) is 8.29. The summed E-state index contributed by atoms with van der Waals surface area (Å²) in [6, 6.07) is 13.7. The molecule has 1 aromatic heterocycles. The number of halogens is 1. The quantitative estimate of drug-likeness (QED) is 0.332. The average molecular weight is 544 g/mol. The van der Waals surface area contributed by atoms with E-state index in [-0.39, 0.29) is 35.0 Å². The van der Waals surface area contributed by atoms with Gasteiger partial charge in [-0.25, -0.2) is 0 Å². The Balaban J connectivity index is 0.00000289. The van der Waals surface area contributed by atoms with Gasteiger partial charge >= 0.3 is 5.97 Å². The highest BCUT2D eigenvalue weighted by Gasteiger charge is 2.51. The molecule has 1 aromatic carbocycles. The first-order valence-electron chi connectivity index (χ1n) is 12.8. The van der Waals surface area contributed by atoms with Crippen LogP contribution in [0.2, 0.25) is 0 Å². The molecular formula is C27H35BrN4O3. The van der Waals surface area contributed by atoms with E-state index in [4.69, 9.17) is 4.74 Å². The molecule has 1 saturated carbocycles. The number of esters is 1. The number of nitrogens with zero attached hydrogens (tertiary/aromatic N) is 3. The smallest absolute Gasteiger partial charge is 0.317 e. The fraction of sp³-hybridized carbons (Fsp3) is 0.556.